The van der Waals surface area contributed by atoms with Gasteiger partial charge in [0, 0.05) is 18.8 Å². The van der Waals surface area contributed by atoms with Crippen LogP contribution in [0.3, 0.4) is 0 Å². The van der Waals surface area contributed by atoms with Gasteiger partial charge < -0.3 is 20.5 Å². The molecule has 1 aromatic heterocycles. The van der Waals surface area contributed by atoms with E-state index in [1.54, 1.807) is 18.5 Å². The highest BCUT2D eigenvalue weighted by Crippen LogP contribution is 2.31. The quantitative estimate of drug-likeness (QED) is 0.316. The van der Waals surface area contributed by atoms with E-state index in [9.17, 15) is 14.7 Å². The number of pyridine rings is 1. The fraction of sp³-hybridized carbons (Fsp3) is 0.107. The number of amides is 2. The van der Waals surface area contributed by atoms with Crippen LogP contribution in [-0.4, -0.2) is 28.1 Å². The first kappa shape index (κ1) is 23.5. The third kappa shape index (κ3) is 6.68. The molecule has 35 heavy (non-hydrogen) atoms. The van der Waals surface area contributed by atoms with Crippen molar-refractivity contribution in [1.82, 2.24) is 10.3 Å². The molecule has 3 N–H and O–H groups in total. The number of benzene rings is 3. The minimum absolute atomic E-state index is 0.212. The van der Waals surface area contributed by atoms with Gasteiger partial charge in [0.05, 0.1) is 5.69 Å². The summed E-state index contributed by atoms with van der Waals surface area (Å²) in [6.45, 7) is 0.319. The first-order valence-electron chi connectivity index (χ1n) is 11.1. The summed E-state index contributed by atoms with van der Waals surface area (Å²) < 4.78 is 6.03. The first-order valence-corrected chi connectivity index (χ1v) is 11.1. The van der Waals surface area contributed by atoms with Crippen molar-refractivity contribution in [2.75, 3.05) is 5.32 Å². The number of nitrogens with zero attached hydrogens (tertiary/aromatic N) is 1. The van der Waals surface area contributed by atoms with E-state index in [2.05, 4.69) is 15.6 Å². The van der Waals surface area contributed by atoms with Crippen molar-refractivity contribution in [3.63, 3.8) is 0 Å². The van der Waals surface area contributed by atoms with E-state index < -0.39 is 18.0 Å². The third-order valence-corrected chi connectivity index (χ3v) is 5.39. The predicted octanol–water partition coefficient (Wildman–Crippen LogP) is 5.15. The SMILES string of the molecule is O=C(O)NC(Cc1ccccc1)C(=O)Nc1cc(-c2ccncc2)ccc1OCc1ccccc1. The Morgan fingerprint density at radius 1 is 0.829 bits per heavy atom. The average molecular weight is 468 g/mol. The van der Waals surface area contributed by atoms with Gasteiger partial charge in [0.2, 0.25) is 5.91 Å². The molecule has 0 radical (unpaired) electrons. The van der Waals surface area contributed by atoms with E-state index >= 15 is 0 Å². The zero-order valence-electron chi connectivity index (χ0n) is 18.9. The number of carboxylic acid groups (broad SMARTS) is 1. The summed E-state index contributed by atoms with van der Waals surface area (Å²) in [5.74, 6) is 0.00138. The van der Waals surface area contributed by atoms with Crippen molar-refractivity contribution in [3.05, 3.63) is 115 Å². The molecule has 0 aliphatic carbocycles. The molecule has 1 heterocycles. The number of ether oxygens (including phenoxy) is 1. The second kappa shape index (κ2) is 11.5. The topological polar surface area (TPSA) is 101 Å². The maximum absolute atomic E-state index is 13.2. The van der Waals surface area contributed by atoms with Crippen molar-refractivity contribution in [2.45, 2.75) is 19.1 Å². The molecule has 0 saturated carbocycles. The highest BCUT2D eigenvalue weighted by Gasteiger charge is 2.22. The van der Waals surface area contributed by atoms with E-state index in [0.717, 1.165) is 22.3 Å². The zero-order chi connectivity index (χ0) is 24.5. The van der Waals surface area contributed by atoms with Crippen molar-refractivity contribution < 1.29 is 19.4 Å². The molecule has 1 atom stereocenters. The molecule has 7 nitrogen and oxygen atoms in total. The highest BCUT2D eigenvalue weighted by atomic mass is 16.5. The van der Waals surface area contributed by atoms with Gasteiger partial charge in [-0.05, 0) is 46.5 Å². The van der Waals surface area contributed by atoms with Crippen LogP contribution < -0.4 is 15.4 Å². The predicted molar refractivity (Wildman–Crippen MR) is 134 cm³/mol. The Morgan fingerprint density at radius 3 is 2.14 bits per heavy atom. The summed E-state index contributed by atoms with van der Waals surface area (Å²) in [6.07, 6.45) is 2.33. The van der Waals surface area contributed by atoms with Crippen LogP contribution in [0.4, 0.5) is 10.5 Å². The molecule has 0 aliphatic heterocycles. The molecule has 4 rings (SSSR count). The second-order valence-corrected chi connectivity index (χ2v) is 7.90. The van der Waals surface area contributed by atoms with E-state index in [4.69, 9.17) is 4.74 Å². The van der Waals surface area contributed by atoms with Gasteiger partial charge in [-0.25, -0.2) is 4.79 Å². The molecular weight excluding hydrogens is 442 g/mol. The van der Waals surface area contributed by atoms with Crippen molar-refractivity contribution >= 4 is 17.7 Å². The molecule has 3 aromatic carbocycles. The molecular formula is C28H25N3O4. The lowest BCUT2D eigenvalue weighted by Gasteiger charge is -2.19. The maximum Gasteiger partial charge on any atom is 0.405 e. The second-order valence-electron chi connectivity index (χ2n) is 7.90. The number of rotatable bonds is 9. The average Bonchev–Trinajstić information content (AvgIpc) is 2.89. The molecule has 0 aliphatic rings. The molecule has 176 valence electrons. The number of hydrogen-bond donors (Lipinski definition) is 3. The smallest absolute Gasteiger partial charge is 0.405 e. The van der Waals surface area contributed by atoms with E-state index in [-0.39, 0.29) is 6.42 Å². The van der Waals surface area contributed by atoms with Crippen molar-refractivity contribution in [2.24, 2.45) is 0 Å². The normalized spacial score (nSPS) is 11.3. The van der Waals surface area contributed by atoms with E-state index in [1.807, 2.05) is 84.9 Å². The fourth-order valence-corrected chi connectivity index (χ4v) is 3.64. The van der Waals surface area contributed by atoms with Crippen LogP contribution in [0.2, 0.25) is 0 Å². The number of nitrogens with one attached hydrogen (secondary N) is 2. The summed E-state index contributed by atoms with van der Waals surface area (Å²) in [5.41, 5.74) is 4.06. The standard InChI is InChI=1S/C28H25N3O4/c32-27(25(31-28(33)34)17-20-7-3-1-4-8-20)30-24-18-23(22-13-15-29-16-14-22)11-12-26(24)35-19-21-9-5-2-6-10-21/h1-16,18,25,31H,17,19H2,(H,30,32)(H,33,34). The lowest BCUT2D eigenvalue weighted by atomic mass is 10.0. The number of anilines is 1. The van der Waals surface area contributed by atoms with Gasteiger partial charge in [-0.1, -0.05) is 66.7 Å². The van der Waals surface area contributed by atoms with Crippen LogP contribution in [0.5, 0.6) is 5.75 Å². The Morgan fingerprint density at radius 2 is 1.49 bits per heavy atom. The van der Waals surface area contributed by atoms with Crippen LogP contribution in [0.15, 0.2) is 103 Å². The Balaban J connectivity index is 1.60. The molecule has 0 saturated heterocycles. The van der Waals surface area contributed by atoms with Gasteiger partial charge in [0.1, 0.15) is 18.4 Å². The zero-order valence-corrected chi connectivity index (χ0v) is 18.9. The Kier molecular flexibility index (Phi) is 7.70. The lowest BCUT2D eigenvalue weighted by Crippen LogP contribution is -2.44. The third-order valence-electron chi connectivity index (χ3n) is 5.39. The van der Waals surface area contributed by atoms with Gasteiger partial charge in [-0.15, -0.1) is 0 Å². The Labute approximate surface area is 203 Å². The lowest BCUT2D eigenvalue weighted by molar-refractivity contribution is -0.118. The Bertz CT molecular complexity index is 1270. The van der Waals surface area contributed by atoms with E-state index in [0.29, 0.717) is 18.0 Å². The van der Waals surface area contributed by atoms with Crippen molar-refractivity contribution in [3.8, 4) is 16.9 Å². The molecule has 4 aromatic rings. The van der Waals surface area contributed by atoms with Gasteiger partial charge in [-0.3, -0.25) is 9.78 Å². The monoisotopic (exact) mass is 467 g/mol. The van der Waals surface area contributed by atoms with Gasteiger partial charge >= 0.3 is 6.09 Å². The van der Waals surface area contributed by atoms with Crippen LogP contribution in [0.1, 0.15) is 11.1 Å². The minimum Gasteiger partial charge on any atom is -0.487 e. The molecule has 1 unspecified atom stereocenters. The first-order chi connectivity index (χ1) is 17.1. The Hall–Kier alpha value is -4.65. The summed E-state index contributed by atoms with van der Waals surface area (Å²) >= 11 is 0. The molecule has 0 fully saturated rings. The summed E-state index contributed by atoms with van der Waals surface area (Å²) in [4.78, 5) is 28.7. The number of carbonyl (C=O) groups excluding carboxylic acids is 1. The van der Waals surface area contributed by atoms with Crippen molar-refractivity contribution in [1.29, 1.82) is 0 Å². The summed E-state index contributed by atoms with van der Waals surface area (Å²) in [5, 5.41) is 14.5. The maximum atomic E-state index is 13.2. The highest BCUT2D eigenvalue weighted by molar-refractivity contribution is 5.98. The fourth-order valence-electron chi connectivity index (χ4n) is 3.64. The van der Waals surface area contributed by atoms with E-state index in [1.165, 1.54) is 0 Å². The number of hydrogen-bond acceptors (Lipinski definition) is 4. The minimum atomic E-state index is -1.27. The van der Waals surface area contributed by atoms with Crippen LogP contribution in [-0.2, 0) is 17.8 Å². The van der Waals surface area contributed by atoms with Crippen LogP contribution in [0.25, 0.3) is 11.1 Å². The molecule has 2 amide bonds. The summed E-state index contributed by atoms with van der Waals surface area (Å²) in [6, 6.07) is 27.2. The van der Waals surface area contributed by atoms with Gasteiger partial charge in [0.25, 0.3) is 0 Å². The number of carbonyl (C=O) groups is 2. The van der Waals surface area contributed by atoms with Crippen LogP contribution >= 0.6 is 0 Å². The van der Waals surface area contributed by atoms with Gasteiger partial charge in [-0.2, -0.15) is 0 Å². The molecule has 0 spiro atoms. The van der Waals surface area contributed by atoms with Gasteiger partial charge in [0.15, 0.2) is 0 Å². The summed E-state index contributed by atoms with van der Waals surface area (Å²) in [7, 11) is 0. The number of aromatic nitrogens is 1. The van der Waals surface area contributed by atoms with Crippen LogP contribution in [0, 0.1) is 0 Å². The largest absolute Gasteiger partial charge is 0.487 e. The molecule has 0 bridgehead atoms. The molecule has 7 heteroatoms.